The number of aromatic nitrogens is 4. The van der Waals surface area contributed by atoms with Crippen molar-refractivity contribution in [1.29, 1.82) is 0 Å². The molecule has 0 radical (unpaired) electrons. The van der Waals surface area contributed by atoms with Crippen LogP contribution in [0.5, 0.6) is 0 Å². The van der Waals surface area contributed by atoms with Gasteiger partial charge in [-0.1, -0.05) is 42.1 Å². The topological polar surface area (TPSA) is 110 Å². The van der Waals surface area contributed by atoms with Crippen LogP contribution >= 0.6 is 11.8 Å². The molecule has 2 aromatic heterocycles. The van der Waals surface area contributed by atoms with Gasteiger partial charge in [0, 0.05) is 12.4 Å². The maximum atomic E-state index is 12.2. The number of carboxylic acids is 1. The number of hydrogen-bond acceptors (Lipinski definition) is 6. The second-order valence-electron chi connectivity index (χ2n) is 6.03. The first-order chi connectivity index (χ1) is 13.5. The van der Waals surface area contributed by atoms with Crippen molar-refractivity contribution >= 4 is 51.4 Å². The molecule has 2 heterocycles. The molecule has 8 nitrogen and oxygen atoms in total. The summed E-state index contributed by atoms with van der Waals surface area (Å²) in [5, 5.41) is 21.5. The zero-order valence-corrected chi connectivity index (χ0v) is 15.6. The summed E-state index contributed by atoms with van der Waals surface area (Å²) in [6, 6.07) is 14.1. The summed E-state index contributed by atoms with van der Waals surface area (Å²) in [5.74, 6) is -1.41. The molecular formula is C19H15N5O3S. The number of carboxylic acid groups (broad SMARTS) is 1. The summed E-state index contributed by atoms with van der Waals surface area (Å²) < 4.78 is 1.94. The Morgan fingerprint density at radius 3 is 2.68 bits per heavy atom. The molecule has 0 aliphatic rings. The van der Waals surface area contributed by atoms with Crippen molar-refractivity contribution in [1.82, 2.24) is 19.7 Å². The van der Waals surface area contributed by atoms with E-state index in [1.165, 1.54) is 6.07 Å². The molecule has 0 saturated heterocycles. The van der Waals surface area contributed by atoms with Crippen molar-refractivity contribution in [3.05, 3.63) is 54.1 Å². The van der Waals surface area contributed by atoms with E-state index in [0.29, 0.717) is 16.3 Å². The third-order valence-corrected chi connectivity index (χ3v) is 5.09. The Morgan fingerprint density at radius 2 is 1.86 bits per heavy atom. The average Bonchev–Trinajstić information content (AvgIpc) is 2.99. The minimum Gasteiger partial charge on any atom is -0.478 e. The minimum atomic E-state index is -1.10. The number of nitrogens with one attached hydrogen (secondary N) is 1. The third kappa shape index (κ3) is 3.27. The quantitative estimate of drug-likeness (QED) is 0.502. The number of aryl methyl sites for hydroxylation is 1. The molecule has 0 spiro atoms. The Labute approximate surface area is 163 Å². The smallest absolute Gasteiger partial charge is 0.337 e. The molecule has 4 aromatic rings. The number of benzene rings is 2. The fraction of sp³-hybridized carbons (Fsp3) is 0.105. The molecule has 0 unspecified atom stereocenters. The molecule has 0 aliphatic carbocycles. The van der Waals surface area contributed by atoms with Crippen LogP contribution in [-0.4, -0.2) is 42.5 Å². The minimum absolute atomic E-state index is 0.0328. The summed E-state index contributed by atoms with van der Waals surface area (Å²) in [6.45, 7) is 0. The van der Waals surface area contributed by atoms with Crippen LogP contribution in [0.25, 0.3) is 22.1 Å². The van der Waals surface area contributed by atoms with E-state index in [1.807, 2.05) is 35.9 Å². The number of anilines is 1. The molecule has 0 aliphatic heterocycles. The second-order valence-corrected chi connectivity index (χ2v) is 6.97. The number of nitrogens with zero attached hydrogens (tertiary/aromatic N) is 4. The lowest BCUT2D eigenvalue weighted by molar-refractivity contribution is -0.113. The van der Waals surface area contributed by atoms with Gasteiger partial charge in [0.15, 0.2) is 5.65 Å². The molecule has 0 atom stereocenters. The van der Waals surface area contributed by atoms with Gasteiger partial charge in [0.05, 0.1) is 22.5 Å². The van der Waals surface area contributed by atoms with Crippen molar-refractivity contribution in [3.8, 4) is 0 Å². The molecule has 2 N–H and O–H groups in total. The van der Waals surface area contributed by atoms with Crippen molar-refractivity contribution in [2.75, 3.05) is 11.1 Å². The number of carbonyl (C=O) groups excluding carboxylic acids is 1. The van der Waals surface area contributed by atoms with Crippen LogP contribution in [-0.2, 0) is 11.8 Å². The molecule has 4 rings (SSSR count). The first-order valence-corrected chi connectivity index (χ1v) is 9.36. The van der Waals surface area contributed by atoms with Crippen molar-refractivity contribution < 1.29 is 14.7 Å². The van der Waals surface area contributed by atoms with E-state index in [-0.39, 0.29) is 22.9 Å². The molecule has 0 bridgehead atoms. The maximum Gasteiger partial charge on any atom is 0.337 e. The number of rotatable bonds is 5. The largest absolute Gasteiger partial charge is 0.478 e. The molecule has 0 fully saturated rings. The fourth-order valence-electron chi connectivity index (χ4n) is 2.95. The number of amides is 1. The summed E-state index contributed by atoms with van der Waals surface area (Å²) in [5.41, 5.74) is 2.70. The lowest BCUT2D eigenvalue weighted by atomic mass is 10.2. The van der Waals surface area contributed by atoms with Gasteiger partial charge >= 0.3 is 5.97 Å². The summed E-state index contributed by atoms with van der Waals surface area (Å²) in [7, 11) is 1.91. The number of aromatic carboxylic acids is 1. The van der Waals surface area contributed by atoms with Gasteiger partial charge in [0.2, 0.25) is 11.1 Å². The summed E-state index contributed by atoms with van der Waals surface area (Å²) >= 11 is 1.14. The SMILES string of the molecule is Cn1c2ccccc2c2nnc(SCC(=O)Nc3ccccc3C(=O)O)nc21. The van der Waals surface area contributed by atoms with Gasteiger partial charge < -0.3 is 15.0 Å². The van der Waals surface area contributed by atoms with Crippen LogP contribution in [0, 0.1) is 0 Å². The number of thioether (sulfide) groups is 1. The highest BCUT2D eigenvalue weighted by molar-refractivity contribution is 7.99. The highest BCUT2D eigenvalue weighted by Crippen LogP contribution is 2.26. The van der Waals surface area contributed by atoms with Gasteiger partial charge in [-0.25, -0.2) is 9.78 Å². The molecule has 28 heavy (non-hydrogen) atoms. The molecular weight excluding hydrogens is 378 g/mol. The van der Waals surface area contributed by atoms with Crippen molar-refractivity contribution in [2.24, 2.45) is 7.05 Å². The van der Waals surface area contributed by atoms with E-state index in [9.17, 15) is 14.7 Å². The van der Waals surface area contributed by atoms with Crippen LogP contribution in [0.15, 0.2) is 53.7 Å². The lowest BCUT2D eigenvalue weighted by Gasteiger charge is -2.07. The van der Waals surface area contributed by atoms with Gasteiger partial charge in [-0.05, 0) is 18.2 Å². The average molecular weight is 393 g/mol. The molecule has 2 aromatic carbocycles. The Bertz CT molecular complexity index is 1220. The number of hydrogen-bond donors (Lipinski definition) is 2. The molecule has 0 saturated carbocycles. The van der Waals surface area contributed by atoms with E-state index in [1.54, 1.807) is 18.2 Å². The molecule has 9 heteroatoms. The third-order valence-electron chi connectivity index (χ3n) is 4.25. The highest BCUT2D eigenvalue weighted by atomic mass is 32.2. The van der Waals surface area contributed by atoms with Gasteiger partial charge in [0.1, 0.15) is 5.52 Å². The second kappa shape index (κ2) is 7.28. The van der Waals surface area contributed by atoms with E-state index in [4.69, 9.17) is 0 Å². The van der Waals surface area contributed by atoms with Crippen LogP contribution < -0.4 is 5.32 Å². The predicted molar refractivity (Wildman–Crippen MR) is 107 cm³/mol. The van der Waals surface area contributed by atoms with Crippen LogP contribution in [0.1, 0.15) is 10.4 Å². The maximum absolute atomic E-state index is 12.2. The number of carbonyl (C=O) groups is 2. The lowest BCUT2D eigenvalue weighted by Crippen LogP contribution is -2.16. The van der Waals surface area contributed by atoms with E-state index in [2.05, 4.69) is 20.5 Å². The van der Waals surface area contributed by atoms with Gasteiger partial charge in [0.25, 0.3) is 0 Å². The normalized spacial score (nSPS) is 11.0. The summed E-state index contributed by atoms with van der Waals surface area (Å²) in [6.07, 6.45) is 0. The summed E-state index contributed by atoms with van der Waals surface area (Å²) in [4.78, 5) is 28.0. The fourth-order valence-corrected chi connectivity index (χ4v) is 3.53. The first kappa shape index (κ1) is 17.9. The van der Waals surface area contributed by atoms with Gasteiger partial charge in [-0.2, -0.15) is 0 Å². The number of para-hydroxylation sites is 2. The Kier molecular flexibility index (Phi) is 4.66. The van der Waals surface area contributed by atoms with Crippen LogP contribution in [0.3, 0.4) is 0 Å². The zero-order chi connectivity index (χ0) is 19.7. The molecule has 1 amide bonds. The first-order valence-electron chi connectivity index (χ1n) is 8.37. The molecule has 140 valence electrons. The standard InChI is InChI=1S/C19H15N5O3S/c1-24-14-9-5-3-7-12(14)16-17(24)21-19(23-22-16)28-10-15(25)20-13-8-4-2-6-11(13)18(26)27/h2-9H,10H2,1H3,(H,20,25)(H,26,27). The monoisotopic (exact) mass is 393 g/mol. The van der Waals surface area contributed by atoms with E-state index in [0.717, 1.165) is 22.7 Å². The van der Waals surface area contributed by atoms with Crippen molar-refractivity contribution in [3.63, 3.8) is 0 Å². The predicted octanol–water partition coefficient (Wildman–Crippen LogP) is 2.95. The Balaban J connectivity index is 1.51. The van der Waals surface area contributed by atoms with Crippen LogP contribution in [0.4, 0.5) is 5.69 Å². The Morgan fingerprint density at radius 1 is 1.11 bits per heavy atom. The zero-order valence-electron chi connectivity index (χ0n) is 14.8. The van der Waals surface area contributed by atoms with E-state index < -0.39 is 5.97 Å². The van der Waals surface area contributed by atoms with Crippen molar-refractivity contribution in [2.45, 2.75) is 5.16 Å². The number of fused-ring (bicyclic) bond motifs is 3. The van der Waals surface area contributed by atoms with Gasteiger partial charge in [-0.3, -0.25) is 4.79 Å². The highest BCUT2D eigenvalue weighted by Gasteiger charge is 2.15. The van der Waals surface area contributed by atoms with E-state index >= 15 is 0 Å². The van der Waals surface area contributed by atoms with Gasteiger partial charge in [-0.15, -0.1) is 10.2 Å². The van der Waals surface area contributed by atoms with Crippen LogP contribution in [0.2, 0.25) is 0 Å². The Hall–Kier alpha value is -3.46.